The molecule has 2 aromatic rings. The van der Waals surface area contributed by atoms with Gasteiger partial charge in [-0.15, -0.1) is 0 Å². The van der Waals surface area contributed by atoms with Crippen LogP contribution in [0.5, 0.6) is 0 Å². The molecule has 1 aromatic carbocycles. The highest BCUT2D eigenvalue weighted by atomic mass is 19.4. The highest BCUT2D eigenvalue weighted by Crippen LogP contribution is 2.30. The van der Waals surface area contributed by atoms with Crippen LogP contribution in [-0.4, -0.2) is 36.1 Å². The Bertz CT molecular complexity index is 779. The fraction of sp³-hybridized carbons (Fsp3) is 0.389. The Morgan fingerprint density at radius 2 is 1.48 bits per heavy atom. The Balaban J connectivity index is 1.61. The van der Waals surface area contributed by atoms with E-state index in [0.29, 0.717) is 38.3 Å². The first kappa shape index (κ1) is 19.5. The molecule has 0 spiro atoms. The maximum Gasteiger partial charge on any atom is 0.433 e. The van der Waals surface area contributed by atoms with E-state index in [1.54, 1.807) is 11.0 Å². The van der Waals surface area contributed by atoms with E-state index < -0.39 is 23.6 Å². The molecule has 3 nitrogen and oxygen atoms in total. The molecule has 1 aromatic heterocycles. The van der Waals surface area contributed by atoms with E-state index in [0.717, 1.165) is 18.2 Å². The lowest BCUT2D eigenvalue weighted by Gasteiger charge is -2.35. The Hall–Kier alpha value is -2.29. The quantitative estimate of drug-likeness (QED) is 0.724. The zero-order valence-electron chi connectivity index (χ0n) is 14.2. The van der Waals surface area contributed by atoms with Crippen LogP contribution in [0, 0.1) is 0 Å². The first-order valence-electron chi connectivity index (χ1n) is 8.30. The number of aromatic nitrogens is 1. The van der Waals surface area contributed by atoms with Gasteiger partial charge in [0.1, 0.15) is 11.5 Å². The number of anilines is 1. The predicted molar refractivity (Wildman–Crippen MR) is 88.2 cm³/mol. The summed E-state index contributed by atoms with van der Waals surface area (Å²) >= 11 is 0. The predicted octanol–water partition coefficient (Wildman–Crippen LogP) is 4.44. The van der Waals surface area contributed by atoms with Gasteiger partial charge in [-0.25, -0.2) is 4.98 Å². The fourth-order valence-corrected chi connectivity index (χ4v) is 3.00. The number of piperazine rings is 1. The van der Waals surface area contributed by atoms with Gasteiger partial charge in [0, 0.05) is 32.7 Å². The number of alkyl halides is 6. The summed E-state index contributed by atoms with van der Waals surface area (Å²) < 4.78 is 76.7. The monoisotopic (exact) mass is 389 g/mol. The van der Waals surface area contributed by atoms with Crippen molar-refractivity contribution in [2.24, 2.45) is 0 Å². The van der Waals surface area contributed by atoms with Crippen molar-refractivity contribution >= 4 is 5.82 Å². The molecule has 2 heterocycles. The van der Waals surface area contributed by atoms with Crippen molar-refractivity contribution in [2.45, 2.75) is 18.9 Å². The van der Waals surface area contributed by atoms with E-state index in [9.17, 15) is 26.3 Å². The first-order valence-corrected chi connectivity index (χ1v) is 8.30. The van der Waals surface area contributed by atoms with Crippen LogP contribution in [0.4, 0.5) is 32.2 Å². The topological polar surface area (TPSA) is 19.4 Å². The van der Waals surface area contributed by atoms with Gasteiger partial charge in [0.05, 0.1) is 5.56 Å². The molecular weight excluding hydrogens is 372 g/mol. The van der Waals surface area contributed by atoms with Gasteiger partial charge in [-0.1, -0.05) is 24.3 Å². The highest BCUT2D eigenvalue weighted by Gasteiger charge is 2.33. The normalized spacial score (nSPS) is 16.6. The largest absolute Gasteiger partial charge is 0.433 e. The van der Waals surface area contributed by atoms with E-state index in [4.69, 9.17) is 0 Å². The summed E-state index contributed by atoms with van der Waals surface area (Å²) in [6, 6.07) is 8.93. The van der Waals surface area contributed by atoms with Gasteiger partial charge in [0.15, 0.2) is 0 Å². The molecule has 1 aliphatic rings. The minimum Gasteiger partial charge on any atom is -0.354 e. The third-order valence-electron chi connectivity index (χ3n) is 4.38. The number of halogens is 6. The van der Waals surface area contributed by atoms with E-state index in [1.165, 1.54) is 18.2 Å². The van der Waals surface area contributed by atoms with Gasteiger partial charge in [-0.3, -0.25) is 4.90 Å². The van der Waals surface area contributed by atoms with Crippen LogP contribution in [0.25, 0.3) is 0 Å². The smallest absolute Gasteiger partial charge is 0.354 e. The lowest BCUT2D eigenvalue weighted by atomic mass is 10.1. The van der Waals surface area contributed by atoms with Crippen LogP contribution >= 0.6 is 0 Å². The SMILES string of the molecule is FC(F)(F)c1cccc(CN2CCN(c3cccc(C(F)(F)F)n3)CC2)c1. The van der Waals surface area contributed by atoms with Gasteiger partial charge < -0.3 is 4.90 Å². The van der Waals surface area contributed by atoms with E-state index in [-0.39, 0.29) is 5.82 Å². The second kappa shape index (κ2) is 7.38. The fourth-order valence-electron chi connectivity index (χ4n) is 3.00. The molecule has 0 aliphatic carbocycles. The summed E-state index contributed by atoms with van der Waals surface area (Å²) in [7, 11) is 0. The lowest BCUT2D eigenvalue weighted by Crippen LogP contribution is -2.46. The molecule has 0 saturated carbocycles. The average Bonchev–Trinajstić information content (AvgIpc) is 2.61. The van der Waals surface area contributed by atoms with E-state index in [1.807, 2.05) is 4.90 Å². The van der Waals surface area contributed by atoms with Crippen molar-refractivity contribution in [1.82, 2.24) is 9.88 Å². The first-order chi connectivity index (χ1) is 12.6. The molecule has 0 bridgehead atoms. The molecule has 3 rings (SSSR count). The molecular formula is C18H17F6N3. The van der Waals surface area contributed by atoms with Gasteiger partial charge in [-0.05, 0) is 23.8 Å². The number of hydrogen-bond acceptors (Lipinski definition) is 3. The summed E-state index contributed by atoms with van der Waals surface area (Å²) in [5.74, 6) is 0.253. The molecule has 1 aliphatic heterocycles. The van der Waals surface area contributed by atoms with Gasteiger partial charge in [0.25, 0.3) is 0 Å². The molecule has 1 saturated heterocycles. The van der Waals surface area contributed by atoms with Crippen LogP contribution in [0.2, 0.25) is 0 Å². The van der Waals surface area contributed by atoms with Crippen LogP contribution in [0.15, 0.2) is 42.5 Å². The molecule has 0 atom stereocenters. The van der Waals surface area contributed by atoms with Gasteiger partial charge in [-0.2, -0.15) is 26.3 Å². The average molecular weight is 389 g/mol. The second-order valence-electron chi connectivity index (χ2n) is 6.34. The molecule has 0 radical (unpaired) electrons. The maximum atomic E-state index is 12.8. The van der Waals surface area contributed by atoms with Crippen molar-refractivity contribution < 1.29 is 26.3 Å². The second-order valence-corrected chi connectivity index (χ2v) is 6.34. The minimum atomic E-state index is -4.50. The number of pyridine rings is 1. The van der Waals surface area contributed by atoms with Gasteiger partial charge in [0.2, 0.25) is 0 Å². The van der Waals surface area contributed by atoms with Crippen LogP contribution in [0.1, 0.15) is 16.8 Å². The summed E-state index contributed by atoms with van der Waals surface area (Å²) in [5, 5.41) is 0. The number of nitrogens with zero attached hydrogens (tertiary/aromatic N) is 3. The summed E-state index contributed by atoms with van der Waals surface area (Å²) in [5.41, 5.74) is -1.08. The summed E-state index contributed by atoms with van der Waals surface area (Å²) in [4.78, 5) is 7.39. The third-order valence-corrected chi connectivity index (χ3v) is 4.38. The third kappa shape index (κ3) is 4.91. The van der Waals surface area contributed by atoms with Crippen molar-refractivity contribution in [3.63, 3.8) is 0 Å². The standard InChI is InChI=1S/C18H17F6N3/c19-17(20,21)14-4-1-3-13(11-14)12-26-7-9-27(10-8-26)16-6-2-5-15(25-16)18(22,23)24/h1-6,11H,7-10,12H2. The molecule has 0 amide bonds. The Morgan fingerprint density at radius 1 is 0.815 bits per heavy atom. The molecule has 27 heavy (non-hydrogen) atoms. The molecule has 9 heteroatoms. The van der Waals surface area contributed by atoms with Crippen molar-refractivity contribution in [3.8, 4) is 0 Å². The van der Waals surface area contributed by atoms with Crippen molar-refractivity contribution in [1.29, 1.82) is 0 Å². The molecule has 0 unspecified atom stereocenters. The Labute approximate surface area is 152 Å². The number of benzene rings is 1. The van der Waals surface area contributed by atoms with Crippen molar-refractivity contribution in [2.75, 3.05) is 31.1 Å². The maximum absolute atomic E-state index is 12.8. The van der Waals surface area contributed by atoms with Crippen LogP contribution in [-0.2, 0) is 18.9 Å². The molecule has 1 fully saturated rings. The Morgan fingerprint density at radius 3 is 2.11 bits per heavy atom. The van der Waals surface area contributed by atoms with E-state index >= 15 is 0 Å². The number of rotatable bonds is 3. The minimum absolute atomic E-state index is 0.253. The molecule has 146 valence electrons. The lowest BCUT2D eigenvalue weighted by molar-refractivity contribution is -0.141. The van der Waals surface area contributed by atoms with Crippen LogP contribution in [0.3, 0.4) is 0 Å². The van der Waals surface area contributed by atoms with E-state index in [2.05, 4.69) is 4.98 Å². The zero-order chi connectivity index (χ0) is 19.7. The van der Waals surface area contributed by atoms with Crippen LogP contribution < -0.4 is 4.90 Å². The summed E-state index contributed by atoms with van der Waals surface area (Å²) in [6.07, 6.45) is -8.88. The summed E-state index contributed by atoms with van der Waals surface area (Å²) in [6.45, 7) is 2.30. The van der Waals surface area contributed by atoms with Crippen molar-refractivity contribution in [3.05, 3.63) is 59.3 Å². The Kier molecular flexibility index (Phi) is 5.32. The highest BCUT2D eigenvalue weighted by molar-refractivity contribution is 5.40. The number of hydrogen-bond donors (Lipinski definition) is 0. The molecule has 0 N–H and O–H groups in total. The van der Waals surface area contributed by atoms with Gasteiger partial charge >= 0.3 is 12.4 Å². The zero-order valence-corrected chi connectivity index (χ0v) is 14.2.